The number of amides is 3. The van der Waals surface area contributed by atoms with Crippen LogP contribution in [0.4, 0.5) is 4.79 Å². The molecule has 1 heterocycles. The summed E-state index contributed by atoms with van der Waals surface area (Å²) in [6, 6.07) is 0.465. The topological polar surface area (TPSA) is 64.7 Å². The van der Waals surface area contributed by atoms with Gasteiger partial charge in [0.25, 0.3) is 0 Å². The minimum absolute atomic E-state index is 0.0983. The van der Waals surface area contributed by atoms with E-state index in [0.29, 0.717) is 18.4 Å². The van der Waals surface area contributed by atoms with Crippen LogP contribution in [0.15, 0.2) is 0 Å². The molecule has 6 heteroatoms. The van der Waals surface area contributed by atoms with Crippen molar-refractivity contribution in [2.24, 2.45) is 5.92 Å². The molecule has 1 saturated heterocycles. The Hall–Kier alpha value is -1.30. The Labute approximate surface area is 165 Å². The quantitative estimate of drug-likeness (QED) is 0.605. The molecule has 1 aliphatic heterocycles. The monoisotopic (exact) mass is 380 g/mol. The number of carbonyl (C=O) groups is 2. The van der Waals surface area contributed by atoms with Gasteiger partial charge >= 0.3 is 6.03 Å². The molecule has 2 aliphatic rings. The number of hydrogen-bond donors (Lipinski definition) is 2. The van der Waals surface area contributed by atoms with E-state index in [1.54, 1.807) is 0 Å². The summed E-state index contributed by atoms with van der Waals surface area (Å²) in [6.07, 6.45) is 9.49. The van der Waals surface area contributed by atoms with E-state index in [-0.39, 0.29) is 11.9 Å². The second kappa shape index (κ2) is 12.2. The highest BCUT2D eigenvalue weighted by Gasteiger charge is 2.26. The van der Waals surface area contributed by atoms with Gasteiger partial charge in [-0.1, -0.05) is 33.1 Å². The summed E-state index contributed by atoms with van der Waals surface area (Å²) in [5, 5.41) is 6.26. The first-order valence-electron chi connectivity index (χ1n) is 11.2. The number of likely N-dealkylation sites (tertiary alicyclic amines) is 1. The van der Waals surface area contributed by atoms with Gasteiger partial charge in [0.2, 0.25) is 5.91 Å². The summed E-state index contributed by atoms with van der Waals surface area (Å²) in [7, 11) is 0. The summed E-state index contributed by atoms with van der Waals surface area (Å²) in [5.41, 5.74) is 0. The maximum absolute atomic E-state index is 12.4. The average molecular weight is 381 g/mol. The summed E-state index contributed by atoms with van der Waals surface area (Å²) in [6.45, 7) is 9.83. The van der Waals surface area contributed by atoms with Crippen LogP contribution in [0.5, 0.6) is 0 Å². The zero-order valence-electron chi connectivity index (χ0n) is 17.5. The number of carbonyl (C=O) groups excluding carboxylic acids is 2. The van der Waals surface area contributed by atoms with Crippen molar-refractivity contribution >= 4 is 11.9 Å². The van der Waals surface area contributed by atoms with E-state index in [2.05, 4.69) is 29.4 Å². The first kappa shape index (κ1) is 22.0. The molecule has 0 aromatic heterocycles. The van der Waals surface area contributed by atoms with Gasteiger partial charge in [-0.3, -0.25) is 4.79 Å². The standard InChI is InChI=1S/C21H40N4O2/c1-3-24(4-2)14-8-13-22-20(26)17-18-11-15-25(16-12-18)21(27)23-19-9-6-5-7-10-19/h18-19H,3-17H2,1-2H3,(H,22,26)(H,23,27). The Morgan fingerprint density at radius 1 is 1.00 bits per heavy atom. The van der Waals surface area contributed by atoms with Gasteiger partial charge in [-0.25, -0.2) is 4.79 Å². The van der Waals surface area contributed by atoms with Gasteiger partial charge in [0, 0.05) is 32.1 Å². The number of nitrogens with one attached hydrogen (secondary N) is 2. The van der Waals surface area contributed by atoms with Gasteiger partial charge in [0.1, 0.15) is 0 Å². The maximum atomic E-state index is 12.4. The molecule has 2 rings (SSSR count). The molecule has 0 atom stereocenters. The minimum atomic E-state index is 0.0983. The molecule has 27 heavy (non-hydrogen) atoms. The number of nitrogens with zero attached hydrogens (tertiary/aromatic N) is 2. The van der Waals surface area contributed by atoms with Crippen LogP contribution in [0.1, 0.15) is 71.6 Å². The third-order valence-corrected chi connectivity index (χ3v) is 6.18. The van der Waals surface area contributed by atoms with Crippen molar-refractivity contribution < 1.29 is 9.59 Å². The largest absolute Gasteiger partial charge is 0.356 e. The van der Waals surface area contributed by atoms with Gasteiger partial charge in [0.15, 0.2) is 0 Å². The zero-order valence-corrected chi connectivity index (χ0v) is 17.5. The van der Waals surface area contributed by atoms with Crippen molar-refractivity contribution in [3.63, 3.8) is 0 Å². The predicted molar refractivity (Wildman–Crippen MR) is 110 cm³/mol. The van der Waals surface area contributed by atoms with Crippen LogP contribution in [0, 0.1) is 5.92 Å². The zero-order chi connectivity index (χ0) is 19.5. The Morgan fingerprint density at radius 2 is 1.67 bits per heavy atom. The Balaban J connectivity index is 1.56. The molecule has 3 amide bonds. The third-order valence-electron chi connectivity index (χ3n) is 6.18. The lowest BCUT2D eigenvalue weighted by Gasteiger charge is -2.33. The van der Waals surface area contributed by atoms with Gasteiger partial charge in [0.05, 0.1) is 0 Å². The van der Waals surface area contributed by atoms with E-state index >= 15 is 0 Å². The first-order valence-corrected chi connectivity index (χ1v) is 11.2. The minimum Gasteiger partial charge on any atom is -0.356 e. The molecule has 1 saturated carbocycles. The van der Waals surface area contributed by atoms with Crippen LogP contribution in [-0.2, 0) is 4.79 Å². The second-order valence-electron chi connectivity index (χ2n) is 8.15. The van der Waals surface area contributed by atoms with E-state index < -0.39 is 0 Å². The summed E-state index contributed by atoms with van der Waals surface area (Å²) in [4.78, 5) is 28.9. The normalized spacial score (nSPS) is 19.3. The molecule has 0 radical (unpaired) electrons. The lowest BCUT2D eigenvalue weighted by atomic mass is 9.93. The molecule has 0 unspecified atom stereocenters. The number of rotatable bonds is 9. The fourth-order valence-corrected chi connectivity index (χ4v) is 4.26. The number of hydrogen-bond acceptors (Lipinski definition) is 3. The van der Waals surface area contributed by atoms with Crippen molar-refractivity contribution in [1.82, 2.24) is 20.4 Å². The molecule has 2 N–H and O–H groups in total. The van der Waals surface area contributed by atoms with E-state index in [1.165, 1.54) is 19.3 Å². The van der Waals surface area contributed by atoms with Gasteiger partial charge < -0.3 is 20.4 Å². The molecular weight excluding hydrogens is 340 g/mol. The molecule has 1 aliphatic carbocycles. The Bertz CT molecular complexity index is 439. The molecule has 0 aromatic rings. The van der Waals surface area contributed by atoms with Crippen LogP contribution in [0.3, 0.4) is 0 Å². The van der Waals surface area contributed by atoms with Gasteiger partial charge in [-0.05, 0) is 57.7 Å². The van der Waals surface area contributed by atoms with Crippen molar-refractivity contribution in [2.45, 2.75) is 77.7 Å². The van der Waals surface area contributed by atoms with Crippen LogP contribution in [0.2, 0.25) is 0 Å². The van der Waals surface area contributed by atoms with E-state index in [1.807, 2.05) is 4.90 Å². The highest BCUT2D eigenvalue weighted by molar-refractivity contribution is 5.76. The van der Waals surface area contributed by atoms with Crippen LogP contribution >= 0.6 is 0 Å². The maximum Gasteiger partial charge on any atom is 0.317 e. The smallest absolute Gasteiger partial charge is 0.317 e. The fraction of sp³-hybridized carbons (Fsp3) is 0.905. The summed E-state index contributed by atoms with van der Waals surface area (Å²) < 4.78 is 0. The Morgan fingerprint density at radius 3 is 2.30 bits per heavy atom. The average Bonchev–Trinajstić information content (AvgIpc) is 2.69. The molecule has 0 bridgehead atoms. The lowest BCUT2D eigenvalue weighted by molar-refractivity contribution is -0.122. The molecule has 2 fully saturated rings. The van der Waals surface area contributed by atoms with Crippen molar-refractivity contribution in [3.8, 4) is 0 Å². The van der Waals surface area contributed by atoms with Gasteiger partial charge in [-0.15, -0.1) is 0 Å². The molecule has 0 spiro atoms. The predicted octanol–water partition coefficient (Wildman–Crippen LogP) is 2.98. The van der Waals surface area contributed by atoms with E-state index in [4.69, 9.17) is 0 Å². The van der Waals surface area contributed by atoms with Gasteiger partial charge in [-0.2, -0.15) is 0 Å². The van der Waals surface area contributed by atoms with Crippen LogP contribution < -0.4 is 10.6 Å². The number of piperidine rings is 1. The van der Waals surface area contributed by atoms with Crippen LogP contribution in [-0.4, -0.2) is 67.0 Å². The van der Waals surface area contributed by atoms with Crippen LogP contribution in [0.25, 0.3) is 0 Å². The Kier molecular flexibility index (Phi) is 9.95. The fourth-order valence-electron chi connectivity index (χ4n) is 4.26. The highest BCUT2D eigenvalue weighted by Crippen LogP contribution is 2.22. The van der Waals surface area contributed by atoms with Crippen molar-refractivity contribution in [1.29, 1.82) is 0 Å². The third kappa shape index (κ3) is 8.08. The molecule has 0 aromatic carbocycles. The van der Waals surface area contributed by atoms with E-state index in [0.717, 1.165) is 71.4 Å². The molecule has 156 valence electrons. The summed E-state index contributed by atoms with van der Waals surface area (Å²) in [5.74, 6) is 0.575. The first-order chi connectivity index (χ1) is 13.1. The van der Waals surface area contributed by atoms with Crippen molar-refractivity contribution in [3.05, 3.63) is 0 Å². The number of urea groups is 1. The molecule has 6 nitrogen and oxygen atoms in total. The summed E-state index contributed by atoms with van der Waals surface area (Å²) >= 11 is 0. The highest BCUT2D eigenvalue weighted by atomic mass is 16.2. The lowest BCUT2D eigenvalue weighted by Crippen LogP contribution is -2.48. The van der Waals surface area contributed by atoms with E-state index in [9.17, 15) is 9.59 Å². The second-order valence-corrected chi connectivity index (χ2v) is 8.15. The van der Waals surface area contributed by atoms with Crippen molar-refractivity contribution in [2.75, 3.05) is 39.3 Å². The molecular formula is C21H40N4O2. The SMILES string of the molecule is CCN(CC)CCCNC(=O)CC1CCN(C(=O)NC2CCCCC2)CC1.